The van der Waals surface area contributed by atoms with Gasteiger partial charge in [0.2, 0.25) is 0 Å². The predicted molar refractivity (Wildman–Crippen MR) is 94.9 cm³/mol. The Hall–Kier alpha value is -2.94. The number of rotatable bonds is 6. The standard InChI is InChI=1S/C17H22N6O3/c1-21(8-9-26-2)16(24)15-12-23(20-19-15)14-10-22(11-14)17(25)18-13-6-4-3-5-7-13/h3-7,12,14H,8-11H2,1-2H3,(H,18,25). The second kappa shape index (κ2) is 7.96. The Labute approximate surface area is 151 Å². The van der Waals surface area contributed by atoms with Crippen LogP contribution in [-0.2, 0) is 4.74 Å². The number of anilines is 1. The number of aromatic nitrogens is 3. The molecule has 3 amide bonds. The van der Waals surface area contributed by atoms with Crippen molar-refractivity contribution in [2.75, 3.05) is 45.7 Å². The largest absolute Gasteiger partial charge is 0.383 e. The lowest BCUT2D eigenvalue weighted by molar-refractivity contribution is 0.0738. The van der Waals surface area contributed by atoms with Gasteiger partial charge in [-0.2, -0.15) is 0 Å². The van der Waals surface area contributed by atoms with Crippen molar-refractivity contribution in [3.63, 3.8) is 0 Å². The van der Waals surface area contributed by atoms with Crippen molar-refractivity contribution in [3.8, 4) is 0 Å². The normalized spacial score (nSPS) is 14.0. The number of hydrogen-bond acceptors (Lipinski definition) is 5. The van der Waals surface area contributed by atoms with Crippen LogP contribution in [0.25, 0.3) is 0 Å². The zero-order chi connectivity index (χ0) is 18.5. The second-order valence-electron chi connectivity index (χ2n) is 6.16. The number of likely N-dealkylation sites (tertiary alicyclic amines) is 1. The SMILES string of the molecule is COCCN(C)C(=O)c1cn(C2CN(C(=O)Nc3ccccc3)C2)nn1. The number of nitrogens with one attached hydrogen (secondary N) is 1. The highest BCUT2D eigenvalue weighted by molar-refractivity contribution is 5.92. The van der Waals surface area contributed by atoms with Crippen LogP contribution in [-0.4, -0.2) is 77.1 Å². The summed E-state index contributed by atoms with van der Waals surface area (Å²) < 4.78 is 6.61. The molecule has 2 heterocycles. The minimum Gasteiger partial charge on any atom is -0.383 e. The predicted octanol–water partition coefficient (Wildman–Crippen LogP) is 1.09. The minimum absolute atomic E-state index is 0.0230. The van der Waals surface area contributed by atoms with E-state index < -0.39 is 0 Å². The van der Waals surface area contributed by atoms with Crippen LogP contribution in [0.2, 0.25) is 0 Å². The van der Waals surface area contributed by atoms with E-state index in [2.05, 4.69) is 15.6 Å². The molecule has 138 valence electrons. The molecule has 0 bridgehead atoms. The minimum atomic E-state index is -0.202. The van der Waals surface area contributed by atoms with Crippen molar-refractivity contribution in [2.45, 2.75) is 6.04 Å². The number of amides is 3. The van der Waals surface area contributed by atoms with Crippen LogP contribution in [0.15, 0.2) is 36.5 Å². The van der Waals surface area contributed by atoms with E-state index >= 15 is 0 Å². The number of carbonyl (C=O) groups excluding carboxylic acids is 2. The van der Waals surface area contributed by atoms with E-state index in [1.807, 2.05) is 30.3 Å². The number of likely N-dealkylation sites (N-methyl/N-ethyl adjacent to an activating group) is 1. The van der Waals surface area contributed by atoms with Crippen LogP contribution in [0.4, 0.5) is 10.5 Å². The smallest absolute Gasteiger partial charge is 0.321 e. The van der Waals surface area contributed by atoms with Gasteiger partial charge in [-0.25, -0.2) is 9.48 Å². The van der Waals surface area contributed by atoms with Gasteiger partial charge in [0.25, 0.3) is 5.91 Å². The molecule has 1 aromatic carbocycles. The highest BCUT2D eigenvalue weighted by Gasteiger charge is 2.33. The first kappa shape index (κ1) is 17.9. The van der Waals surface area contributed by atoms with E-state index in [0.29, 0.717) is 26.2 Å². The van der Waals surface area contributed by atoms with Gasteiger partial charge >= 0.3 is 6.03 Å². The molecule has 0 unspecified atom stereocenters. The summed E-state index contributed by atoms with van der Waals surface area (Å²) in [5.74, 6) is -0.202. The number of urea groups is 1. The Morgan fingerprint density at radius 2 is 2.04 bits per heavy atom. The lowest BCUT2D eigenvalue weighted by Gasteiger charge is -2.38. The third-order valence-corrected chi connectivity index (χ3v) is 4.26. The molecule has 3 rings (SSSR count). The summed E-state index contributed by atoms with van der Waals surface area (Å²) in [6.45, 7) is 1.99. The molecule has 1 fully saturated rings. The van der Waals surface area contributed by atoms with E-state index in [1.165, 1.54) is 4.90 Å². The number of methoxy groups -OCH3 is 1. The maximum atomic E-state index is 12.2. The van der Waals surface area contributed by atoms with Crippen LogP contribution in [0.1, 0.15) is 16.5 Å². The average molecular weight is 358 g/mol. The van der Waals surface area contributed by atoms with Crippen LogP contribution in [0.5, 0.6) is 0 Å². The fourth-order valence-electron chi connectivity index (χ4n) is 2.59. The zero-order valence-electron chi connectivity index (χ0n) is 14.8. The number of benzene rings is 1. The Morgan fingerprint density at radius 3 is 2.73 bits per heavy atom. The molecular weight excluding hydrogens is 336 g/mol. The first-order chi connectivity index (χ1) is 12.6. The molecule has 0 saturated carbocycles. The summed E-state index contributed by atoms with van der Waals surface area (Å²) in [6, 6.07) is 9.18. The Kier molecular flexibility index (Phi) is 5.47. The van der Waals surface area contributed by atoms with Crippen LogP contribution < -0.4 is 5.32 Å². The fourth-order valence-corrected chi connectivity index (χ4v) is 2.59. The molecule has 9 nitrogen and oxygen atoms in total. The monoisotopic (exact) mass is 358 g/mol. The van der Waals surface area contributed by atoms with Crippen molar-refractivity contribution in [2.24, 2.45) is 0 Å². The second-order valence-corrected chi connectivity index (χ2v) is 6.16. The third-order valence-electron chi connectivity index (χ3n) is 4.26. The van der Waals surface area contributed by atoms with Gasteiger partial charge in [0.15, 0.2) is 5.69 Å². The van der Waals surface area contributed by atoms with Crippen LogP contribution in [0, 0.1) is 0 Å². The van der Waals surface area contributed by atoms with Crippen molar-refractivity contribution in [3.05, 3.63) is 42.2 Å². The molecule has 2 aromatic rings. The summed E-state index contributed by atoms with van der Waals surface area (Å²) in [4.78, 5) is 27.6. The van der Waals surface area contributed by atoms with Gasteiger partial charge < -0.3 is 19.9 Å². The maximum absolute atomic E-state index is 12.2. The highest BCUT2D eigenvalue weighted by Crippen LogP contribution is 2.21. The Balaban J connectivity index is 1.51. The molecule has 1 aliphatic heterocycles. The number of ether oxygens (including phenoxy) is 1. The highest BCUT2D eigenvalue weighted by atomic mass is 16.5. The molecular formula is C17H22N6O3. The molecule has 26 heavy (non-hydrogen) atoms. The summed E-state index contributed by atoms with van der Waals surface area (Å²) >= 11 is 0. The molecule has 0 aliphatic carbocycles. The summed E-state index contributed by atoms with van der Waals surface area (Å²) in [5, 5.41) is 10.8. The van der Waals surface area contributed by atoms with Gasteiger partial charge in [0.05, 0.1) is 18.8 Å². The van der Waals surface area contributed by atoms with Gasteiger partial charge in [-0.1, -0.05) is 23.4 Å². The van der Waals surface area contributed by atoms with Gasteiger partial charge in [-0.05, 0) is 12.1 Å². The lowest BCUT2D eigenvalue weighted by Crippen LogP contribution is -2.52. The topological polar surface area (TPSA) is 92.6 Å². The van der Waals surface area contributed by atoms with Gasteiger partial charge in [0.1, 0.15) is 0 Å². The summed E-state index contributed by atoms with van der Waals surface area (Å²) in [6.07, 6.45) is 1.63. The van der Waals surface area contributed by atoms with E-state index in [-0.39, 0.29) is 23.7 Å². The molecule has 1 N–H and O–H groups in total. The molecule has 0 spiro atoms. The number of hydrogen-bond donors (Lipinski definition) is 1. The molecule has 1 aliphatic rings. The molecule has 1 saturated heterocycles. The van der Waals surface area contributed by atoms with Crippen LogP contribution in [0.3, 0.4) is 0 Å². The van der Waals surface area contributed by atoms with Gasteiger partial charge in [-0.15, -0.1) is 5.10 Å². The van der Waals surface area contributed by atoms with E-state index in [9.17, 15) is 9.59 Å². The average Bonchev–Trinajstić information content (AvgIpc) is 3.08. The van der Waals surface area contributed by atoms with Crippen molar-refractivity contribution >= 4 is 17.6 Å². The summed E-state index contributed by atoms with van der Waals surface area (Å²) in [5.41, 5.74) is 1.05. The quantitative estimate of drug-likeness (QED) is 0.834. The van der Waals surface area contributed by atoms with Crippen molar-refractivity contribution in [1.29, 1.82) is 0 Å². The third kappa shape index (κ3) is 3.99. The van der Waals surface area contributed by atoms with Crippen molar-refractivity contribution < 1.29 is 14.3 Å². The summed E-state index contributed by atoms with van der Waals surface area (Å²) in [7, 11) is 3.28. The van der Waals surface area contributed by atoms with E-state index in [4.69, 9.17) is 4.74 Å². The molecule has 9 heteroatoms. The number of carbonyl (C=O) groups is 2. The lowest BCUT2D eigenvalue weighted by atomic mass is 10.1. The zero-order valence-corrected chi connectivity index (χ0v) is 14.8. The molecule has 1 aromatic heterocycles. The van der Waals surface area contributed by atoms with Gasteiger partial charge in [-0.3, -0.25) is 4.79 Å². The first-order valence-corrected chi connectivity index (χ1v) is 8.35. The first-order valence-electron chi connectivity index (χ1n) is 8.35. The molecule has 0 atom stereocenters. The van der Waals surface area contributed by atoms with E-state index in [0.717, 1.165) is 5.69 Å². The fraction of sp³-hybridized carbons (Fsp3) is 0.412. The number of para-hydroxylation sites is 1. The van der Waals surface area contributed by atoms with E-state index in [1.54, 1.807) is 29.9 Å². The Bertz CT molecular complexity index is 757. The number of nitrogens with zero attached hydrogens (tertiary/aromatic N) is 5. The Morgan fingerprint density at radius 1 is 1.31 bits per heavy atom. The maximum Gasteiger partial charge on any atom is 0.321 e. The van der Waals surface area contributed by atoms with Crippen LogP contribution >= 0.6 is 0 Å². The van der Waals surface area contributed by atoms with Crippen molar-refractivity contribution in [1.82, 2.24) is 24.8 Å². The van der Waals surface area contributed by atoms with Gasteiger partial charge in [0, 0.05) is 39.5 Å². The molecule has 0 radical (unpaired) electrons.